The van der Waals surface area contributed by atoms with Crippen LogP contribution in [0.4, 0.5) is 4.39 Å². The molecule has 0 aliphatic heterocycles. The van der Waals surface area contributed by atoms with E-state index in [0.717, 1.165) is 0 Å². The molecule has 0 aliphatic carbocycles. The molecule has 3 heteroatoms. The van der Waals surface area contributed by atoms with Crippen LogP contribution in [0.5, 0.6) is 5.75 Å². The molecule has 15 heavy (non-hydrogen) atoms. The second-order valence-corrected chi connectivity index (χ2v) is 3.05. The number of ether oxygens (including phenoxy) is 1. The Morgan fingerprint density at radius 1 is 1.40 bits per heavy atom. The van der Waals surface area contributed by atoms with Gasteiger partial charge in [-0.2, -0.15) is 0 Å². The molecule has 0 saturated heterocycles. The third-order valence-corrected chi connectivity index (χ3v) is 1.77. The summed E-state index contributed by atoms with van der Waals surface area (Å²) in [7, 11) is 0. The van der Waals surface area contributed by atoms with E-state index in [1.807, 2.05) is 0 Å². The molecular weight excluding hydrogens is 195 g/mol. The van der Waals surface area contributed by atoms with E-state index in [1.165, 1.54) is 24.3 Å². The molecule has 0 spiro atoms. The Bertz CT molecular complexity index is 348. The predicted octanol–water partition coefficient (Wildman–Crippen LogP) is 1.98. The Morgan fingerprint density at radius 3 is 2.67 bits per heavy atom. The van der Waals surface area contributed by atoms with Gasteiger partial charge in [0.1, 0.15) is 18.2 Å². The normalized spacial score (nSPS) is 11.4. The van der Waals surface area contributed by atoms with Crippen LogP contribution in [0.1, 0.15) is 13.3 Å². The lowest BCUT2D eigenvalue weighted by Crippen LogP contribution is -2.16. The van der Waals surface area contributed by atoms with Crippen LogP contribution in [0.15, 0.2) is 24.3 Å². The maximum absolute atomic E-state index is 12.5. The third kappa shape index (κ3) is 4.48. The summed E-state index contributed by atoms with van der Waals surface area (Å²) < 4.78 is 17.8. The fourth-order valence-corrected chi connectivity index (χ4v) is 1.00. The van der Waals surface area contributed by atoms with Crippen molar-refractivity contribution in [3.05, 3.63) is 30.1 Å². The second kappa shape index (κ2) is 6.05. The maximum atomic E-state index is 12.5. The summed E-state index contributed by atoms with van der Waals surface area (Å²) in [6.45, 7) is 1.88. The molecule has 0 radical (unpaired) electrons. The number of aliphatic hydroxyl groups is 1. The molecule has 0 heterocycles. The number of hydrogen-bond donors (Lipinski definition) is 1. The lowest BCUT2D eigenvalue weighted by molar-refractivity contribution is 0.111. The van der Waals surface area contributed by atoms with Crippen molar-refractivity contribution in [3.8, 4) is 17.6 Å². The van der Waals surface area contributed by atoms with E-state index in [9.17, 15) is 9.50 Å². The summed E-state index contributed by atoms with van der Waals surface area (Å²) in [5.41, 5.74) is 0. The highest BCUT2D eigenvalue weighted by Crippen LogP contribution is 2.11. The molecule has 1 aromatic rings. The Balaban J connectivity index is 2.35. The van der Waals surface area contributed by atoms with Crippen molar-refractivity contribution >= 4 is 0 Å². The van der Waals surface area contributed by atoms with Crippen LogP contribution >= 0.6 is 0 Å². The van der Waals surface area contributed by atoms with E-state index < -0.39 is 6.10 Å². The van der Waals surface area contributed by atoms with Crippen LogP contribution in [-0.4, -0.2) is 17.8 Å². The molecule has 0 fully saturated rings. The molecule has 0 aliphatic rings. The first-order chi connectivity index (χ1) is 7.22. The number of hydrogen-bond acceptors (Lipinski definition) is 2. The predicted molar refractivity (Wildman–Crippen MR) is 56.0 cm³/mol. The Hall–Kier alpha value is -1.53. The second-order valence-electron chi connectivity index (χ2n) is 3.05. The Morgan fingerprint density at radius 2 is 2.07 bits per heavy atom. The van der Waals surface area contributed by atoms with Crippen molar-refractivity contribution < 1.29 is 14.2 Å². The first-order valence-corrected chi connectivity index (χ1v) is 4.68. The summed E-state index contributed by atoms with van der Waals surface area (Å²) in [6.07, 6.45) is -0.222. The van der Waals surface area contributed by atoms with Crippen LogP contribution in [0, 0.1) is 17.7 Å². The highest BCUT2D eigenvalue weighted by Gasteiger charge is 2.02. The minimum Gasteiger partial charge on any atom is -0.491 e. The van der Waals surface area contributed by atoms with Gasteiger partial charge < -0.3 is 9.84 Å². The van der Waals surface area contributed by atoms with Crippen molar-refractivity contribution in [1.29, 1.82) is 0 Å². The molecule has 1 atom stereocenters. The standard InChI is InChI=1S/C12H13FO2/c1-2-3-4-11(14)9-15-12-7-5-10(13)6-8-12/h5-8,11,14H,4,9H2,1H3/t11-/m0/s1. The van der Waals surface area contributed by atoms with Crippen LogP contribution in [0.2, 0.25) is 0 Å². The molecular formula is C12H13FO2. The van der Waals surface area contributed by atoms with Crippen molar-refractivity contribution in [3.63, 3.8) is 0 Å². The van der Waals surface area contributed by atoms with E-state index in [0.29, 0.717) is 12.2 Å². The van der Waals surface area contributed by atoms with Gasteiger partial charge in [-0.1, -0.05) is 0 Å². The lowest BCUT2D eigenvalue weighted by Gasteiger charge is -2.09. The van der Waals surface area contributed by atoms with Gasteiger partial charge in [-0.05, 0) is 31.2 Å². The highest BCUT2D eigenvalue weighted by molar-refractivity contribution is 5.22. The number of aliphatic hydroxyl groups excluding tert-OH is 1. The zero-order valence-corrected chi connectivity index (χ0v) is 8.53. The summed E-state index contributed by atoms with van der Waals surface area (Å²) in [4.78, 5) is 0. The van der Waals surface area contributed by atoms with E-state index in [4.69, 9.17) is 4.74 Å². The molecule has 2 nitrogen and oxygen atoms in total. The Labute approximate surface area is 88.7 Å². The third-order valence-electron chi connectivity index (χ3n) is 1.77. The van der Waals surface area contributed by atoms with Gasteiger partial charge in [-0.25, -0.2) is 4.39 Å². The fourth-order valence-electron chi connectivity index (χ4n) is 1.00. The highest BCUT2D eigenvalue weighted by atomic mass is 19.1. The van der Waals surface area contributed by atoms with Crippen LogP contribution in [-0.2, 0) is 0 Å². The molecule has 0 unspecified atom stereocenters. The van der Waals surface area contributed by atoms with Gasteiger partial charge >= 0.3 is 0 Å². The van der Waals surface area contributed by atoms with Gasteiger partial charge in [0.15, 0.2) is 0 Å². The maximum Gasteiger partial charge on any atom is 0.123 e. The van der Waals surface area contributed by atoms with Gasteiger partial charge in [-0.15, -0.1) is 11.8 Å². The zero-order chi connectivity index (χ0) is 11.1. The topological polar surface area (TPSA) is 29.5 Å². The molecule has 1 aromatic carbocycles. The van der Waals surface area contributed by atoms with Gasteiger partial charge in [-0.3, -0.25) is 0 Å². The van der Waals surface area contributed by atoms with Gasteiger partial charge in [0.2, 0.25) is 0 Å². The van der Waals surface area contributed by atoms with Gasteiger partial charge in [0, 0.05) is 6.42 Å². The SMILES string of the molecule is CC#CC[C@H](O)COc1ccc(F)cc1. The van der Waals surface area contributed by atoms with E-state index in [-0.39, 0.29) is 12.4 Å². The molecule has 1 rings (SSSR count). The first kappa shape index (κ1) is 11.5. The fraction of sp³-hybridized carbons (Fsp3) is 0.333. The van der Waals surface area contributed by atoms with E-state index in [2.05, 4.69) is 11.8 Å². The largest absolute Gasteiger partial charge is 0.491 e. The zero-order valence-electron chi connectivity index (χ0n) is 8.53. The molecule has 80 valence electrons. The summed E-state index contributed by atoms with van der Waals surface area (Å²) in [6, 6.07) is 5.67. The quantitative estimate of drug-likeness (QED) is 0.767. The minimum atomic E-state index is -0.609. The smallest absolute Gasteiger partial charge is 0.123 e. The van der Waals surface area contributed by atoms with Crippen molar-refractivity contribution in [2.75, 3.05) is 6.61 Å². The first-order valence-electron chi connectivity index (χ1n) is 4.68. The van der Waals surface area contributed by atoms with Gasteiger partial charge in [0.25, 0.3) is 0 Å². The van der Waals surface area contributed by atoms with Crippen molar-refractivity contribution in [2.24, 2.45) is 0 Å². The van der Waals surface area contributed by atoms with Crippen LogP contribution < -0.4 is 4.74 Å². The summed E-state index contributed by atoms with van der Waals surface area (Å²) >= 11 is 0. The van der Waals surface area contributed by atoms with Crippen molar-refractivity contribution in [1.82, 2.24) is 0 Å². The summed E-state index contributed by atoms with van der Waals surface area (Å²) in [5, 5.41) is 9.39. The van der Waals surface area contributed by atoms with Crippen LogP contribution in [0.3, 0.4) is 0 Å². The number of benzene rings is 1. The van der Waals surface area contributed by atoms with Crippen LogP contribution in [0.25, 0.3) is 0 Å². The van der Waals surface area contributed by atoms with E-state index >= 15 is 0 Å². The monoisotopic (exact) mass is 208 g/mol. The minimum absolute atomic E-state index is 0.167. The molecule has 0 saturated carbocycles. The molecule has 0 aromatic heterocycles. The molecule has 0 bridgehead atoms. The number of rotatable bonds is 4. The van der Waals surface area contributed by atoms with Gasteiger partial charge in [0.05, 0.1) is 6.10 Å². The summed E-state index contributed by atoms with van der Waals surface area (Å²) in [5.74, 6) is 5.68. The molecule has 0 amide bonds. The van der Waals surface area contributed by atoms with Crippen molar-refractivity contribution in [2.45, 2.75) is 19.4 Å². The Kier molecular flexibility index (Phi) is 4.65. The lowest BCUT2D eigenvalue weighted by atomic mass is 10.3. The average Bonchev–Trinajstić information content (AvgIpc) is 2.25. The van der Waals surface area contributed by atoms with E-state index in [1.54, 1.807) is 6.92 Å². The average molecular weight is 208 g/mol. The molecule has 1 N–H and O–H groups in total. The number of halogens is 1.